The Morgan fingerprint density at radius 2 is 1.77 bits per heavy atom. The zero-order chi connectivity index (χ0) is 15.7. The van der Waals surface area contributed by atoms with Crippen LogP contribution in [0.1, 0.15) is 25.3 Å². The SMILES string of the molecule is CCc1ccc(S(=O)(=O)NC(=O)NN2CC3CCC3C2)cc1. The van der Waals surface area contributed by atoms with Crippen molar-refractivity contribution in [3.63, 3.8) is 0 Å². The molecule has 2 fully saturated rings. The number of nitrogens with one attached hydrogen (secondary N) is 2. The van der Waals surface area contributed by atoms with E-state index in [1.807, 2.05) is 11.9 Å². The zero-order valence-corrected chi connectivity index (χ0v) is 13.4. The number of hydrazine groups is 1. The molecule has 0 bridgehead atoms. The van der Waals surface area contributed by atoms with Crippen LogP contribution in [0, 0.1) is 11.8 Å². The third-order valence-corrected chi connectivity index (χ3v) is 5.96. The van der Waals surface area contributed by atoms with Gasteiger partial charge in [-0.3, -0.25) is 5.43 Å². The molecule has 1 aliphatic heterocycles. The maximum absolute atomic E-state index is 12.2. The first-order valence-corrected chi connectivity index (χ1v) is 9.13. The molecule has 3 rings (SSSR count). The summed E-state index contributed by atoms with van der Waals surface area (Å²) in [6, 6.07) is 5.85. The molecule has 7 heteroatoms. The average Bonchev–Trinajstić information content (AvgIpc) is 2.74. The Morgan fingerprint density at radius 1 is 1.18 bits per heavy atom. The molecule has 2 unspecified atom stereocenters. The van der Waals surface area contributed by atoms with Crippen molar-refractivity contribution in [3.05, 3.63) is 29.8 Å². The molecule has 0 radical (unpaired) electrons. The van der Waals surface area contributed by atoms with E-state index in [4.69, 9.17) is 0 Å². The largest absolute Gasteiger partial charge is 0.343 e. The molecule has 1 aliphatic carbocycles. The number of carbonyl (C=O) groups is 1. The first kappa shape index (κ1) is 15.3. The van der Waals surface area contributed by atoms with E-state index in [9.17, 15) is 13.2 Å². The fourth-order valence-corrected chi connectivity index (χ4v) is 4.00. The molecule has 1 saturated carbocycles. The van der Waals surface area contributed by atoms with Crippen LogP contribution in [0.3, 0.4) is 0 Å². The lowest BCUT2D eigenvalue weighted by molar-refractivity contribution is 0.199. The van der Waals surface area contributed by atoms with Gasteiger partial charge >= 0.3 is 6.03 Å². The van der Waals surface area contributed by atoms with Crippen molar-refractivity contribution >= 4 is 16.1 Å². The van der Waals surface area contributed by atoms with E-state index in [0.29, 0.717) is 11.8 Å². The molecule has 0 spiro atoms. The van der Waals surface area contributed by atoms with Crippen molar-refractivity contribution in [3.8, 4) is 0 Å². The Labute approximate surface area is 130 Å². The monoisotopic (exact) mass is 323 g/mol. The topological polar surface area (TPSA) is 78.5 Å². The second-order valence-electron chi connectivity index (χ2n) is 6.05. The van der Waals surface area contributed by atoms with Crippen LogP contribution in [0.15, 0.2) is 29.2 Å². The molecule has 1 saturated heterocycles. The van der Waals surface area contributed by atoms with Crippen molar-refractivity contribution in [1.82, 2.24) is 15.2 Å². The van der Waals surface area contributed by atoms with Gasteiger partial charge in [-0.15, -0.1) is 0 Å². The van der Waals surface area contributed by atoms with Crippen molar-refractivity contribution in [2.45, 2.75) is 31.1 Å². The third kappa shape index (κ3) is 3.10. The van der Waals surface area contributed by atoms with Crippen LogP contribution >= 0.6 is 0 Å². The van der Waals surface area contributed by atoms with Crippen LogP contribution in [-0.4, -0.2) is 32.5 Å². The number of hydrogen-bond acceptors (Lipinski definition) is 4. The predicted octanol–water partition coefficient (Wildman–Crippen LogP) is 1.49. The highest BCUT2D eigenvalue weighted by atomic mass is 32.2. The standard InChI is InChI=1S/C15H21N3O3S/c1-2-11-3-7-14(8-4-11)22(20,21)17-15(19)16-18-9-12-5-6-13(12)10-18/h3-4,7-8,12-13H,2,5-6,9-10H2,1H3,(H2,16,17,19). The second-order valence-corrected chi connectivity index (χ2v) is 7.73. The molecule has 2 N–H and O–H groups in total. The lowest BCUT2D eigenvalue weighted by Gasteiger charge is -2.27. The molecular formula is C15H21N3O3S. The van der Waals surface area contributed by atoms with Gasteiger partial charge in [-0.25, -0.2) is 22.9 Å². The predicted molar refractivity (Wildman–Crippen MR) is 82.5 cm³/mol. The highest BCUT2D eigenvalue weighted by Gasteiger charge is 2.39. The highest BCUT2D eigenvalue weighted by Crippen LogP contribution is 2.39. The van der Waals surface area contributed by atoms with E-state index in [1.165, 1.54) is 25.0 Å². The normalized spacial score (nSPS) is 24.4. The van der Waals surface area contributed by atoms with Crippen molar-refractivity contribution in [2.75, 3.05) is 13.1 Å². The highest BCUT2D eigenvalue weighted by molar-refractivity contribution is 7.90. The number of rotatable bonds is 4. The molecule has 1 aromatic carbocycles. The molecule has 22 heavy (non-hydrogen) atoms. The quantitative estimate of drug-likeness (QED) is 0.880. The van der Waals surface area contributed by atoms with Crippen LogP contribution in [0.5, 0.6) is 0 Å². The van der Waals surface area contributed by atoms with Gasteiger partial charge in [0.25, 0.3) is 10.0 Å². The minimum absolute atomic E-state index is 0.0985. The summed E-state index contributed by atoms with van der Waals surface area (Å²) >= 11 is 0. The number of aryl methyl sites for hydroxylation is 1. The molecule has 6 nitrogen and oxygen atoms in total. The molecule has 0 aromatic heterocycles. The molecule has 2 aliphatic rings. The summed E-state index contributed by atoms with van der Waals surface area (Å²) < 4.78 is 26.4. The summed E-state index contributed by atoms with van der Waals surface area (Å²) in [5.41, 5.74) is 3.68. The Balaban J connectivity index is 1.59. The van der Waals surface area contributed by atoms with Gasteiger partial charge in [-0.2, -0.15) is 0 Å². The lowest BCUT2D eigenvalue weighted by Crippen LogP contribution is -2.47. The van der Waals surface area contributed by atoms with Gasteiger partial charge in [0.1, 0.15) is 0 Å². The molecule has 2 atom stereocenters. The van der Waals surface area contributed by atoms with Gasteiger partial charge in [0.2, 0.25) is 0 Å². The molecule has 120 valence electrons. The number of fused-ring (bicyclic) bond motifs is 1. The Morgan fingerprint density at radius 3 is 2.27 bits per heavy atom. The number of benzene rings is 1. The molecule has 1 heterocycles. The fourth-order valence-electron chi connectivity index (χ4n) is 3.10. The van der Waals surface area contributed by atoms with E-state index >= 15 is 0 Å². The fraction of sp³-hybridized carbons (Fsp3) is 0.533. The Kier molecular flexibility index (Phi) is 4.10. The second kappa shape index (κ2) is 5.89. The van der Waals surface area contributed by atoms with Gasteiger partial charge < -0.3 is 0 Å². The number of carbonyl (C=O) groups excluding carboxylic acids is 1. The van der Waals surface area contributed by atoms with Gasteiger partial charge in [-0.1, -0.05) is 19.1 Å². The number of hydrogen-bond donors (Lipinski definition) is 2. The van der Waals surface area contributed by atoms with Crippen molar-refractivity contribution in [1.29, 1.82) is 0 Å². The van der Waals surface area contributed by atoms with E-state index < -0.39 is 16.1 Å². The molecular weight excluding hydrogens is 302 g/mol. The van der Waals surface area contributed by atoms with Gasteiger partial charge in [-0.05, 0) is 48.8 Å². The van der Waals surface area contributed by atoms with E-state index in [1.54, 1.807) is 12.1 Å². The molecule has 1 aromatic rings. The van der Waals surface area contributed by atoms with Crippen molar-refractivity contribution < 1.29 is 13.2 Å². The molecule has 2 amide bonds. The Bertz CT molecular complexity index is 645. The summed E-state index contributed by atoms with van der Waals surface area (Å²) in [6.45, 7) is 3.62. The maximum Gasteiger partial charge on any atom is 0.343 e. The number of nitrogens with zero attached hydrogens (tertiary/aromatic N) is 1. The third-order valence-electron chi connectivity index (χ3n) is 4.61. The first-order valence-electron chi connectivity index (χ1n) is 7.65. The minimum atomic E-state index is -3.83. The maximum atomic E-state index is 12.2. The zero-order valence-electron chi connectivity index (χ0n) is 12.6. The summed E-state index contributed by atoms with van der Waals surface area (Å²) in [7, 11) is -3.83. The van der Waals surface area contributed by atoms with Crippen molar-refractivity contribution in [2.24, 2.45) is 11.8 Å². The van der Waals surface area contributed by atoms with Gasteiger partial charge in [0.05, 0.1) is 4.90 Å². The lowest BCUT2D eigenvalue weighted by atomic mass is 9.77. The number of amides is 2. The smallest absolute Gasteiger partial charge is 0.270 e. The van der Waals surface area contributed by atoms with Crippen LogP contribution in [0.2, 0.25) is 0 Å². The first-order chi connectivity index (χ1) is 10.5. The van der Waals surface area contributed by atoms with E-state index in [-0.39, 0.29) is 4.90 Å². The van der Waals surface area contributed by atoms with Crippen LogP contribution in [-0.2, 0) is 16.4 Å². The summed E-state index contributed by atoms with van der Waals surface area (Å²) in [5, 5.41) is 1.81. The number of urea groups is 1. The van der Waals surface area contributed by atoms with Gasteiger partial charge in [0, 0.05) is 13.1 Å². The minimum Gasteiger partial charge on any atom is -0.270 e. The van der Waals surface area contributed by atoms with E-state index in [2.05, 4.69) is 10.1 Å². The van der Waals surface area contributed by atoms with Crippen LogP contribution < -0.4 is 10.1 Å². The van der Waals surface area contributed by atoms with Gasteiger partial charge in [0.15, 0.2) is 0 Å². The number of sulfonamides is 1. The summed E-state index contributed by atoms with van der Waals surface area (Å²) in [6.07, 6.45) is 3.24. The van der Waals surface area contributed by atoms with E-state index in [0.717, 1.165) is 25.1 Å². The Hall–Kier alpha value is -1.60. The van der Waals surface area contributed by atoms with Crippen LogP contribution in [0.4, 0.5) is 4.79 Å². The van der Waals surface area contributed by atoms with Crippen LogP contribution in [0.25, 0.3) is 0 Å². The summed E-state index contributed by atoms with van der Waals surface area (Å²) in [4.78, 5) is 12.0. The summed E-state index contributed by atoms with van der Waals surface area (Å²) in [5.74, 6) is 1.30. The average molecular weight is 323 g/mol.